The lowest BCUT2D eigenvalue weighted by Crippen LogP contribution is -2.37. The fourth-order valence-electron chi connectivity index (χ4n) is 2.78. The predicted molar refractivity (Wildman–Crippen MR) is 87.2 cm³/mol. The molecular formula is C17H22N4O. The Morgan fingerprint density at radius 2 is 1.68 bits per heavy atom. The maximum Gasteiger partial charge on any atom is 0.321 e. The number of carbonyl (C=O) groups excluding carboxylic acids is 1. The minimum absolute atomic E-state index is 0.0114. The van der Waals surface area contributed by atoms with E-state index in [2.05, 4.69) is 10.3 Å². The van der Waals surface area contributed by atoms with Gasteiger partial charge in [-0.1, -0.05) is 19.3 Å². The maximum atomic E-state index is 12.3. The number of urea groups is 1. The van der Waals surface area contributed by atoms with Crippen molar-refractivity contribution < 1.29 is 4.79 Å². The molecule has 1 fully saturated rings. The first-order valence-corrected chi connectivity index (χ1v) is 7.97. The molecule has 22 heavy (non-hydrogen) atoms. The van der Waals surface area contributed by atoms with Crippen molar-refractivity contribution in [3.05, 3.63) is 43.0 Å². The zero-order valence-electron chi connectivity index (χ0n) is 12.7. The number of likely N-dealkylation sites (tertiary alicyclic amines) is 1. The van der Waals surface area contributed by atoms with Gasteiger partial charge >= 0.3 is 6.03 Å². The van der Waals surface area contributed by atoms with Crippen molar-refractivity contribution in [1.29, 1.82) is 0 Å². The monoisotopic (exact) mass is 298 g/mol. The molecule has 2 amide bonds. The third kappa shape index (κ3) is 3.67. The molecule has 0 spiro atoms. The number of anilines is 1. The Kier molecular flexibility index (Phi) is 4.73. The van der Waals surface area contributed by atoms with E-state index in [0.29, 0.717) is 0 Å². The normalized spacial score (nSPS) is 15.9. The number of nitrogens with one attached hydrogen (secondary N) is 1. The van der Waals surface area contributed by atoms with E-state index in [-0.39, 0.29) is 6.03 Å². The summed E-state index contributed by atoms with van der Waals surface area (Å²) in [5.41, 5.74) is 1.86. The molecule has 1 N–H and O–H groups in total. The van der Waals surface area contributed by atoms with E-state index in [9.17, 15) is 4.79 Å². The van der Waals surface area contributed by atoms with Gasteiger partial charge < -0.3 is 14.8 Å². The van der Waals surface area contributed by atoms with Gasteiger partial charge in [0.15, 0.2) is 0 Å². The average Bonchev–Trinajstić information content (AvgIpc) is 3.01. The molecule has 0 bridgehead atoms. The third-order valence-corrected chi connectivity index (χ3v) is 4.06. The van der Waals surface area contributed by atoms with Crippen LogP contribution in [0.5, 0.6) is 0 Å². The summed E-state index contributed by atoms with van der Waals surface area (Å²) in [6.07, 6.45) is 11.4. The van der Waals surface area contributed by atoms with Crippen molar-refractivity contribution >= 4 is 11.7 Å². The lowest BCUT2D eigenvalue weighted by molar-refractivity contribution is 0.206. The summed E-state index contributed by atoms with van der Waals surface area (Å²) in [5.74, 6) is 0. The molecule has 116 valence electrons. The quantitative estimate of drug-likeness (QED) is 0.919. The number of aromatic nitrogens is 2. The third-order valence-electron chi connectivity index (χ3n) is 4.06. The molecule has 1 aromatic carbocycles. The molecule has 2 heterocycles. The second-order valence-electron chi connectivity index (χ2n) is 5.70. The molecule has 5 nitrogen and oxygen atoms in total. The molecule has 3 rings (SSSR count). The van der Waals surface area contributed by atoms with Crippen LogP contribution in [0.1, 0.15) is 32.1 Å². The Bertz CT molecular complexity index is 584. The summed E-state index contributed by atoms with van der Waals surface area (Å²) >= 11 is 0. The highest BCUT2D eigenvalue weighted by Crippen LogP contribution is 2.15. The smallest absolute Gasteiger partial charge is 0.321 e. The average molecular weight is 298 g/mol. The summed E-state index contributed by atoms with van der Waals surface area (Å²) < 4.78 is 1.93. The van der Waals surface area contributed by atoms with Gasteiger partial charge in [0.25, 0.3) is 0 Å². The van der Waals surface area contributed by atoms with Crippen LogP contribution in [-0.2, 0) is 0 Å². The van der Waals surface area contributed by atoms with Crippen LogP contribution < -0.4 is 5.32 Å². The highest BCUT2D eigenvalue weighted by molar-refractivity contribution is 5.89. The van der Waals surface area contributed by atoms with E-state index in [1.807, 2.05) is 39.9 Å². The molecule has 0 aliphatic carbocycles. The first kappa shape index (κ1) is 14.6. The summed E-state index contributed by atoms with van der Waals surface area (Å²) in [6.45, 7) is 1.72. The highest BCUT2D eigenvalue weighted by Gasteiger charge is 2.14. The van der Waals surface area contributed by atoms with Crippen LogP contribution in [-0.4, -0.2) is 33.6 Å². The van der Waals surface area contributed by atoms with E-state index in [1.54, 1.807) is 12.5 Å². The first-order chi connectivity index (χ1) is 10.8. The lowest BCUT2D eigenvalue weighted by Gasteiger charge is -2.25. The van der Waals surface area contributed by atoms with Crippen LogP contribution in [0.15, 0.2) is 43.0 Å². The van der Waals surface area contributed by atoms with Gasteiger partial charge in [-0.05, 0) is 37.1 Å². The van der Waals surface area contributed by atoms with Gasteiger partial charge in [0.05, 0.1) is 6.33 Å². The van der Waals surface area contributed by atoms with Crippen LogP contribution in [0.3, 0.4) is 0 Å². The molecule has 0 atom stereocenters. The molecular weight excluding hydrogens is 276 g/mol. The van der Waals surface area contributed by atoms with Gasteiger partial charge in [0.1, 0.15) is 0 Å². The number of imidazole rings is 1. The minimum atomic E-state index is 0.0114. The van der Waals surface area contributed by atoms with Crippen molar-refractivity contribution in [1.82, 2.24) is 14.5 Å². The first-order valence-electron chi connectivity index (χ1n) is 7.97. The topological polar surface area (TPSA) is 50.2 Å². The van der Waals surface area contributed by atoms with Gasteiger partial charge in [0, 0.05) is 36.9 Å². The van der Waals surface area contributed by atoms with Crippen molar-refractivity contribution in [3.63, 3.8) is 0 Å². The zero-order chi connectivity index (χ0) is 15.2. The molecule has 2 aromatic rings. The number of amides is 2. The van der Waals surface area contributed by atoms with Gasteiger partial charge in [-0.15, -0.1) is 0 Å². The Hall–Kier alpha value is -2.30. The van der Waals surface area contributed by atoms with Gasteiger partial charge in [0.2, 0.25) is 0 Å². The number of nitrogens with zero attached hydrogens (tertiary/aromatic N) is 3. The van der Waals surface area contributed by atoms with Gasteiger partial charge in [-0.25, -0.2) is 9.78 Å². The van der Waals surface area contributed by atoms with Crippen molar-refractivity contribution in [2.75, 3.05) is 18.4 Å². The number of carbonyl (C=O) groups is 1. The Morgan fingerprint density at radius 3 is 2.32 bits per heavy atom. The van der Waals surface area contributed by atoms with Crippen LogP contribution in [0.2, 0.25) is 0 Å². The van der Waals surface area contributed by atoms with Crippen molar-refractivity contribution in [2.24, 2.45) is 0 Å². The van der Waals surface area contributed by atoms with E-state index in [4.69, 9.17) is 0 Å². The molecule has 0 unspecified atom stereocenters. The standard InChI is InChI=1S/C17H22N4O/c22-17(20-11-4-2-1-3-5-12-20)19-15-6-8-16(9-7-15)21-13-10-18-14-21/h6-10,13-14H,1-5,11-12H2,(H,19,22). The molecule has 0 radical (unpaired) electrons. The maximum absolute atomic E-state index is 12.3. The van der Waals surface area contributed by atoms with Crippen LogP contribution in [0.4, 0.5) is 10.5 Å². The molecule has 1 saturated heterocycles. The summed E-state index contributed by atoms with van der Waals surface area (Å²) in [4.78, 5) is 18.3. The summed E-state index contributed by atoms with van der Waals surface area (Å²) in [6, 6.07) is 7.82. The second kappa shape index (κ2) is 7.11. The summed E-state index contributed by atoms with van der Waals surface area (Å²) in [5, 5.41) is 2.99. The molecule has 1 aliphatic heterocycles. The van der Waals surface area contributed by atoms with Crippen LogP contribution in [0.25, 0.3) is 5.69 Å². The molecule has 1 aliphatic rings. The molecule has 5 heteroatoms. The number of rotatable bonds is 2. The number of benzene rings is 1. The second-order valence-corrected chi connectivity index (χ2v) is 5.70. The van der Waals surface area contributed by atoms with Crippen molar-refractivity contribution in [3.8, 4) is 5.69 Å². The summed E-state index contributed by atoms with van der Waals surface area (Å²) in [7, 11) is 0. The van der Waals surface area contributed by atoms with E-state index >= 15 is 0 Å². The van der Waals surface area contributed by atoms with E-state index < -0.39 is 0 Å². The lowest BCUT2D eigenvalue weighted by atomic mass is 10.1. The van der Waals surface area contributed by atoms with Gasteiger partial charge in [-0.3, -0.25) is 0 Å². The fraction of sp³-hybridized carbons (Fsp3) is 0.412. The Labute approximate surface area is 131 Å². The Morgan fingerprint density at radius 1 is 1.00 bits per heavy atom. The Balaban J connectivity index is 1.61. The molecule has 1 aromatic heterocycles. The van der Waals surface area contributed by atoms with Crippen molar-refractivity contribution in [2.45, 2.75) is 32.1 Å². The minimum Gasteiger partial charge on any atom is -0.325 e. The van der Waals surface area contributed by atoms with Gasteiger partial charge in [-0.2, -0.15) is 0 Å². The highest BCUT2D eigenvalue weighted by atomic mass is 16.2. The number of hydrogen-bond acceptors (Lipinski definition) is 2. The van der Waals surface area contributed by atoms with Crippen LogP contribution in [0, 0.1) is 0 Å². The predicted octanol–water partition coefficient (Wildman–Crippen LogP) is 3.67. The SMILES string of the molecule is O=C(Nc1ccc(-n2ccnc2)cc1)N1CCCCCCC1. The molecule has 0 saturated carbocycles. The fourth-order valence-corrected chi connectivity index (χ4v) is 2.78. The van der Waals surface area contributed by atoms with Crippen LogP contribution >= 0.6 is 0 Å². The zero-order valence-corrected chi connectivity index (χ0v) is 12.7. The van der Waals surface area contributed by atoms with E-state index in [1.165, 1.54) is 19.3 Å². The largest absolute Gasteiger partial charge is 0.325 e. The van der Waals surface area contributed by atoms with E-state index in [0.717, 1.165) is 37.3 Å². The number of hydrogen-bond donors (Lipinski definition) is 1.